The molecule has 4 heteroatoms. The third kappa shape index (κ3) is 2.50. The lowest BCUT2D eigenvalue weighted by molar-refractivity contribution is 0.264. The van der Waals surface area contributed by atoms with Crippen molar-refractivity contribution in [1.82, 2.24) is 9.88 Å². The van der Waals surface area contributed by atoms with Crippen LogP contribution in [0, 0.1) is 11.3 Å². The van der Waals surface area contributed by atoms with E-state index in [1.165, 1.54) is 0 Å². The van der Waals surface area contributed by atoms with Crippen molar-refractivity contribution in [1.29, 1.82) is 5.26 Å². The Morgan fingerprint density at radius 2 is 2.25 bits per heavy atom. The summed E-state index contributed by atoms with van der Waals surface area (Å²) < 4.78 is 0. The quantitative estimate of drug-likeness (QED) is 0.813. The number of anilines is 1. The van der Waals surface area contributed by atoms with Crippen molar-refractivity contribution in [2.45, 2.75) is 18.9 Å². The minimum Gasteiger partial charge on any atom is -0.380 e. The first-order chi connectivity index (χ1) is 7.79. The van der Waals surface area contributed by atoms with Crippen LogP contribution in [0.5, 0.6) is 0 Å². The van der Waals surface area contributed by atoms with Crippen molar-refractivity contribution in [2.24, 2.45) is 0 Å². The second-order valence-corrected chi connectivity index (χ2v) is 4.25. The molecule has 1 aliphatic heterocycles. The van der Waals surface area contributed by atoms with Crippen LogP contribution < -0.4 is 5.32 Å². The fourth-order valence-electron chi connectivity index (χ4n) is 1.98. The highest BCUT2D eigenvalue weighted by atomic mass is 15.1. The zero-order valence-corrected chi connectivity index (χ0v) is 9.48. The molecule has 2 rings (SSSR count). The third-order valence-electron chi connectivity index (χ3n) is 3.02. The number of rotatable bonds is 2. The molecule has 2 heterocycles. The summed E-state index contributed by atoms with van der Waals surface area (Å²) in [4.78, 5) is 6.38. The zero-order valence-electron chi connectivity index (χ0n) is 9.48. The van der Waals surface area contributed by atoms with Gasteiger partial charge in [-0.25, -0.2) is 0 Å². The molecule has 1 aromatic heterocycles. The number of likely N-dealkylation sites (tertiary alicyclic amines) is 1. The number of hydrogen-bond donors (Lipinski definition) is 1. The average molecular weight is 216 g/mol. The van der Waals surface area contributed by atoms with Crippen molar-refractivity contribution < 1.29 is 0 Å². The number of nitrogens with one attached hydrogen (secondary N) is 1. The average Bonchev–Trinajstić information content (AvgIpc) is 2.33. The Kier molecular flexibility index (Phi) is 3.37. The van der Waals surface area contributed by atoms with Crippen LogP contribution in [-0.2, 0) is 0 Å². The van der Waals surface area contributed by atoms with Crippen LogP contribution in [0.2, 0.25) is 0 Å². The Bertz CT molecular complexity index is 388. The van der Waals surface area contributed by atoms with Gasteiger partial charge in [0.25, 0.3) is 0 Å². The molecule has 0 amide bonds. The van der Waals surface area contributed by atoms with E-state index in [0.717, 1.165) is 31.6 Å². The second-order valence-electron chi connectivity index (χ2n) is 4.25. The van der Waals surface area contributed by atoms with Gasteiger partial charge in [-0.1, -0.05) is 0 Å². The van der Waals surface area contributed by atoms with Crippen LogP contribution in [0.15, 0.2) is 18.5 Å². The van der Waals surface area contributed by atoms with Gasteiger partial charge in [0.2, 0.25) is 0 Å². The molecule has 0 saturated carbocycles. The second kappa shape index (κ2) is 4.95. The molecule has 0 aromatic carbocycles. The molecule has 1 fully saturated rings. The van der Waals surface area contributed by atoms with E-state index >= 15 is 0 Å². The predicted octanol–water partition coefficient (Wildman–Crippen LogP) is 1.46. The fraction of sp³-hybridized carbons (Fsp3) is 0.500. The maximum atomic E-state index is 8.96. The molecular formula is C12H16N4. The van der Waals surface area contributed by atoms with E-state index in [-0.39, 0.29) is 0 Å². The van der Waals surface area contributed by atoms with Crippen molar-refractivity contribution in [3.63, 3.8) is 0 Å². The lowest BCUT2D eigenvalue weighted by Crippen LogP contribution is -2.36. The lowest BCUT2D eigenvalue weighted by atomic mass is 10.0. The first-order valence-corrected chi connectivity index (χ1v) is 5.59. The minimum atomic E-state index is 0.465. The molecule has 0 spiro atoms. The molecule has 0 aliphatic carbocycles. The molecule has 1 aromatic rings. The highest BCUT2D eigenvalue weighted by molar-refractivity contribution is 5.55. The molecule has 4 nitrogen and oxygen atoms in total. The fourth-order valence-corrected chi connectivity index (χ4v) is 1.98. The van der Waals surface area contributed by atoms with Gasteiger partial charge in [0.05, 0.1) is 17.4 Å². The van der Waals surface area contributed by atoms with Crippen LogP contribution >= 0.6 is 0 Å². The van der Waals surface area contributed by atoms with E-state index in [4.69, 9.17) is 5.26 Å². The maximum absolute atomic E-state index is 8.96. The molecule has 1 N–H and O–H groups in total. The van der Waals surface area contributed by atoms with E-state index in [0.29, 0.717) is 11.6 Å². The molecule has 0 unspecified atom stereocenters. The minimum absolute atomic E-state index is 0.465. The van der Waals surface area contributed by atoms with Crippen LogP contribution in [0.25, 0.3) is 0 Å². The predicted molar refractivity (Wildman–Crippen MR) is 63.1 cm³/mol. The van der Waals surface area contributed by atoms with Gasteiger partial charge in [0.15, 0.2) is 0 Å². The SMILES string of the molecule is CN1CCC(Nc2cnccc2C#N)CC1. The first-order valence-electron chi connectivity index (χ1n) is 5.59. The van der Waals surface area contributed by atoms with E-state index in [9.17, 15) is 0 Å². The summed E-state index contributed by atoms with van der Waals surface area (Å²) in [6, 6.07) is 4.39. The standard InChI is InChI=1S/C12H16N4/c1-16-6-3-11(4-7-16)15-12-9-14-5-2-10(12)8-13/h2,5,9,11,15H,3-4,6-7H2,1H3. The van der Waals surface area contributed by atoms with Gasteiger partial charge in [-0.15, -0.1) is 0 Å². The van der Waals surface area contributed by atoms with Crippen molar-refractivity contribution >= 4 is 5.69 Å². The first kappa shape index (κ1) is 10.9. The summed E-state index contributed by atoms with van der Waals surface area (Å²) in [5, 5.41) is 12.4. The number of hydrogen-bond acceptors (Lipinski definition) is 4. The Morgan fingerprint density at radius 3 is 2.94 bits per heavy atom. The van der Waals surface area contributed by atoms with E-state index in [2.05, 4.69) is 28.3 Å². The summed E-state index contributed by atoms with van der Waals surface area (Å²) in [7, 11) is 2.14. The molecule has 84 valence electrons. The van der Waals surface area contributed by atoms with E-state index in [1.54, 1.807) is 18.5 Å². The number of nitrogens with zero attached hydrogens (tertiary/aromatic N) is 3. The summed E-state index contributed by atoms with van der Waals surface area (Å²) in [5.41, 5.74) is 1.54. The van der Waals surface area contributed by atoms with Gasteiger partial charge in [-0.3, -0.25) is 4.98 Å². The molecule has 0 atom stereocenters. The molecule has 0 bridgehead atoms. The van der Waals surface area contributed by atoms with Gasteiger partial charge in [0.1, 0.15) is 6.07 Å². The van der Waals surface area contributed by atoms with Crippen LogP contribution in [0.3, 0.4) is 0 Å². The smallest absolute Gasteiger partial charge is 0.101 e. The Hall–Kier alpha value is -1.60. The van der Waals surface area contributed by atoms with E-state index in [1.807, 2.05) is 0 Å². The summed E-state index contributed by atoms with van der Waals surface area (Å²) >= 11 is 0. The molecular weight excluding hydrogens is 200 g/mol. The van der Waals surface area contributed by atoms with Gasteiger partial charge >= 0.3 is 0 Å². The Labute approximate surface area is 95.9 Å². The maximum Gasteiger partial charge on any atom is 0.101 e. The van der Waals surface area contributed by atoms with Crippen molar-refractivity contribution in [2.75, 3.05) is 25.5 Å². The largest absolute Gasteiger partial charge is 0.380 e. The van der Waals surface area contributed by atoms with Gasteiger partial charge < -0.3 is 10.2 Å². The number of pyridine rings is 1. The number of nitriles is 1. The molecule has 0 radical (unpaired) electrons. The lowest BCUT2D eigenvalue weighted by Gasteiger charge is -2.30. The van der Waals surface area contributed by atoms with Gasteiger partial charge in [-0.2, -0.15) is 5.26 Å². The summed E-state index contributed by atoms with van der Waals surface area (Å²) in [6.07, 6.45) is 5.63. The Balaban J connectivity index is 2.01. The number of aromatic nitrogens is 1. The molecule has 1 aliphatic rings. The number of piperidine rings is 1. The molecule has 16 heavy (non-hydrogen) atoms. The highest BCUT2D eigenvalue weighted by Gasteiger charge is 2.17. The van der Waals surface area contributed by atoms with Gasteiger partial charge in [0, 0.05) is 12.2 Å². The monoisotopic (exact) mass is 216 g/mol. The summed E-state index contributed by atoms with van der Waals surface area (Å²) in [6.45, 7) is 2.22. The summed E-state index contributed by atoms with van der Waals surface area (Å²) in [5.74, 6) is 0. The zero-order chi connectivity index (χ0) is 11.4. The van der Waals surface area contributed by atoms with Crippen LogP contribution in [-0.4, -0.2) is 36.1 Å². The topological polar surface area (TPSA) is 52.0 Å². The third-order valence-corrected chi connectivity index (χ3v) is 3.02. The normalized spacial score (nSPS) is 18.0. The highest BCUT2D eigenvalue weighted by Crippen LogP contribution is 2.18. The van der Waals surface area contributed by atoms with Crippen molar-refractivity contribution in [3.8, 4) is 6.07 Å². The van der Waals surface area contributed by atoms with Crippen LogP contribution in [0.1, 0.15) is 18.4 Å². The van der Waals surface area contributed by atoms with Crippen molar-refractivity contribution in [3.05, 3.63) is 24.0 Å². The van der Waals surface area contributed by atoms with Crippen LogP contribution in [0.4, 0.5) is 5.69 Å². The molecule has 1 saturated heterocycles. The Morgan fingerprint density at radius 1 is 1.50 bits per heavy atom. The van der Waals surface area contributed by atoms with Gasteiger partial charge in [-0.05, 0) is 39.0 Å². The van der Waals surface area contributed by atoms with E-state index < -0.39 is 0 Å².